The summed E-state index contributed by atoms with van der Waals surface area (Å²) >= 11 is 0.884. The van der Waals surface area contributed by atoms with Crippen LogP contribution in [-0.2, 0) is 11.3 Å². The Morgan fingerprint density at radius 1 is 1.10 bits per heavy atom. The van der Waals surface area contributed by atoms with Gasteiger partial charge in [-0.2, -0.15) is 0 Å². The van der Waals surface area contributed by atoms with Crippen LogP contribution in [-0.4, -0.2) is 57.8 Å². The summed E-state index contributed by atoms with van der Waals surface area (Å²) in [7, 11) is 1.67. The van der Waals surface area contributed by atoms with E-state index in [1.807, 2.05) is 36.7 Å². The summed E-state index contributed by atoms with van der Waals surface area (Å²) in [6.45, 7) is 3.16. The number of carbonyl (C=O) groups excluding carboxylic acids is 2. The van der Waals surface area contributed by atoms with Gasteiger partial charge in [0.05, 0.1) is 29.1 Å². The molecule has 2 aliphatic rings. The number of hydrogen-bond donors (Lipinski definition) is 2. The summed E-state index contributed by atoms with van der Waals surface area (Å²) < 4.78 is 5.61. The Labute approximate surface area is 241 Å². The third-order valence-corrected chi connectivity index (χ3v) is 8.13. The molecule has 0 unspecified atom stereocenters. The number of nitrogens with one attached hydrogen (secondary N) is 2. The number of benzene rings is 1. The van der Waals surface area contributed by atoms with Crippen molar-refractivity contribution in [1.29, 1.82) is 0 Å². The van der Waals surface area contributed by atoms with Gasteiger partial charge in [0, 0.05) is 49.2 Å². The van der Waals surface area contributed by atoms with Crippen LogP contribution < -0.4 is 20.3 Å². The molecule has 2 N–H and O–H groups in total. The minimum absolute atomic E-state index is 0.343. The van der Waals surface area contributed by atoms with Gasteiger partial charge < -0.3 is 15.0 Å². The Bertz CT molecular complexity index is 1630. The van der Waals surface area contributed by atoms with Crippen LogP contribution in [0.3, 0.4) is 0 Å². The first-order chi connectivity index (χ1) is 20.1. The largest absolute Gasteiger partial charge is 0.495 e. The van der Waals surface area contributed by atoms with Crippen LogP contribution in [0.15, 0.2) is 66.0 Å². The smallest absolute Gasteiger partial charge is 0.290 e. The van der Waals surface area contributed by atoms with Crippen molar-refractivity contribution in [2.45, 2.75) is 19.4 Å². The third-order valence-electron chi connectivity index (χ3n) is 7.32. The van der Waals surface area contributed by atoms with Crippen LogP contribution in [0.1, 0.15) is 24.2 Å². The van der Waals surface area contributed by atoms with E-state index in [0.29, 0.717) is 29.0 Å². The number of nitrogens with zero attached hydrogens (tertiary/aromatic N) is 5. The first kappa shape index (κ1) is 26.9. The summed E-state index contributed by atoms with van der Waals surface area (Å²) in [5, 5.41) is 7.70. The Morgan fingerprint density at radius 2 is 1.98 bits per heavy atom. The van der Waals surface area contributed by atoms with E-state index >= 15 is 0 Å². The van der Waals surface area contributed by atoms with Crippen molar-refractivity contribution in [3.05, 3.63) is 77.3 Å². The number of ether oxygens (including phenoxy) is 1. The predicted octanol–water partition coefficient (Wildman–Crippen LogP) is 4.43. The summed E-state index contributed by atoms with van der Waals surface area (Å²) in [6.07, 6.45) is 9.00. The maximum atomic E-state index is 11.9. The molecular formula is C30H29N7O3S. The number of thioether (sulfide) groups is 1. The molecule has 2 saturated heterocycles. The second-order valence-electron chi connectivity index (χ2n) is 9.94. The van der Waals surface area contributed by atoms with Crippen LogP contribution >= 0.6 is 11.8 Å². The molecule has 0 radical (unpaired) electrons. The van der Waals surface area contributed by atoms with Crippen LogP contribution in [0.2, 0.25) is 0 Å². The number of anilines is 1. The van der Waals surface area contributed by atoms with Crippen molar-refractivity contribution in [3.8, 4) is 17.0 Å². The van der Waals surface area contributed by atoms with Crippen molar-refractivity contribution >= 4 is 45.7 Å². The molecule has 3 aromatic heterocycles. The van der Waals surface area contributed by atoms with Gasteiger partial charge in [-0.15, -0.1) is 0 Å². The molecule has 2 amide bonds. The minimum atomic E-state index is -0.390. The molecule has 2 aliphatic heterocycles. The number of imide groups is 1. The first-order valence-electron chi connectivity index (χ1n) is 13.5. The number of hydrogen-bond acceptors (Lipinski definition) is 10. The van der Waals surface area contributed by atoms with Crippen molar-refractivity contribution in [3.63, 3.8) is 0 Å². The van der Waals surface area contributed by atoms with E-state index < -0.39 is 0 Å². The lowest BCUT2D eigenvalue weighted by molar-refractivity contribution is -0.115. The van der Waals surface area contributed by atoms with Gasteiger partial charge in [0.15, 0.2) is 0 Å². The molecule has 0 spiro atoms. The topological polar surface area (TPSA) is 122 Å². The van der Waals surface area contributed by atoms with Gasteiger partial charge in [-0.05, 0) is 72.8 Å². The number of methoxy groups -OCH3 is 1. The van der Waals surface area contributed by atoms with E-state index in [1.54, 1.807) is 25.4 Å². The number of rotatable bonds is 8. The summed E-state index contributed by atoms with van der Waals surface area (Å²) in [5.74, 6) is 1.53. The molecule has 11 heteroatoms. The highest BCUT2D eigenvalue weighted by Crippen LogP contribution is 2.30. The summed E-state index contributed by atoms with van der Waals surface area (Å²) in [6, 6.07) is 13.9. The van der Waals surface area contributed by atoms with Gasteiger partial charge in [0.1, 0.15) is 5.75 Å². The summed E-state index contributed by atoms with van der Waals surface area (Å²) in [4.78, 5) is 44.1. The molecule has 208 valence electrons. The molecule has 4 aromatic rings. The fraction of sp³-hybridized carbons (Fsp3) is 0.267. The number of amides is 2. The summed E-state index contributed by atoms with van der Waals surface area (Å²) in [5.41, 5.74) is 3.46. The van der Waals surface area contributed by atoms with Gasteiger partial charge in [-0.25, -0.2) is 15.0 Å². The number of pyridine rings is 2. The van der Waals surface area contributed by atoms with Crippen LogP contribution in [0.25, 0.3) is 28.1 Å². The van der Waals surface area contributed by atoms with Crippen molar-refractivity contribution in [2.24, 2.45) is 5.92 Å². The zero-order valence-corrected chi connectivity index (χ0v) is 23.4. The molecule has 1 aromatic carbocycles. The van der Waals surface area contributed by atoms with Gasteiger partial charge in [0.2, 0.25) is 5.95 Å². The van der Waals surface area contributed by atoms with Gasteiger partial charge in [-0.3, -0.25) is 19.9 Å². The lowest BCUT2D eigenvalue weighted by atomic mass is 9.97. The quantitative estimate of drug-likeness (QED) is 0.296. The fourth-order valence-corrected chi connectivity index (χ4v) is 5.85. The average molecular weight is 568 g/mol. The zero-order chi connectivity index (χ0) is 28.2. The highest BCUT2D eigenvalue weighted by Gasteiger charge is 2.26. The lowest BCUT2D eigenvalue weighted by Crippen LogP contribution is -2.38. The van der Waals surface area contributed by atoms with E-state index in [-0.39, 0.29) is 11.1 Å². The monoisotopic (exact) mass is 567 g/mol. The molecular weight excluding hydrogens is 538 g/mol. The molecule has 0 aliphatic carbocycles. The van der Waals surface area contributed by atoms with Crippen LogP contribution in [0.4, 0.5) is 10.7 Å². The van der Waals surface area contributed by atoms with Gasteiger partial charge in [0.25, 0.3) is 11.1 Å². The Hall–Kier alpha value is -4.35. The predicted molar refractivity (Wildman–Crippen MR) is 159 cm³/mol. The van der Waals surface area contributed by atoms with E-state index in [9.17, 15) is 9.59 Å². The second-order valence-corrected chi connectivity index (χ2v) is 11.0. The second kappa shape index (κ2) is 12.0. The molecule has 0 atom stereocenters. The van der Waals surface area contributed by atoms with Crippen LogP contribution in [0.5, 0.6) is 5.75 Å². The molecule has 10 nitrogen and oxygen atoms in total. The molecule has 5 heterocycles. The van der Waals surface area contributed by atoms with E-state index in [1.165, 1.54) is 0 Å². The number of fused-ring (bicyclic) bond motifs is 1. The highest BCUT2D eigenvalue weighted by molar-refractivity contribution is 8.18. The zero-order valence-electron chi connectivity index (χ0n) is 22.5. The van der Waals surface area contributed by atoms with E-state index in [4.69, 9.17) is 9.72 Å². The molecule has 0 bridgehead atoms. The molecule has 0 saturated carbocycles. The molecule has 2 fully saturated rings. The highest BCUT2D eigenvalue weighted by atomic mass is 32.2. The number of carbonyl (C=O) groups is 2. The number of aromatic nitrogens is 4. The first-order valence-corrected chi connectivity index (χ1v) is 14.3. The van der Waals surface area contributed by atoms with E-state index in [2.05, 4.69) is 42.6 Å². The fourth-order valence-electron chi connectivity index (χ4n) is 5.18. The lowest BCUT2D eigenvalue weighted by Gasteiger charge is -2.32. The maximum Gasteiger partial charge on any atom is 0.290 e. The standard InChI is InChI=1S/C30H29N7O3S/c1-40-26-6-5-24(23-4-2-3-20-17-31-11-8-22(20)23)35-25(26)18-32-16-19-9-13-37(14-10-19)29-33-12-7-21(34-29)15-27-28(38)36-30(39)41-27/h2-8,11-12,15,17,19,32H,9-10,13-14,16,18H2,1H3,(H,36,38,39)/b27-15-. The Morgan fingerprint density at radius 3 is 2.78 bits per heavy atom. The Balaban J connectivity index is 1.06. The van der Waals surface area contributed by atoms with Crippen molar-refractivity contribution in [2.75, 3.05) is 31.6 Å². The van der Waals surface area contributed by atoms with Gasteiger partial charge in [-0.1, -0.05) is 18.2 Å². The maximum absolute atomic E-state index is 11.9. The van der Waals surface area contributed by atoms with E-state index in [0.717, 1.165) is 77.7 Å². The SMILES string of the molecule is COc1ccc(-c2cccc3cnccc23)nc1CNCC1CCN(c2nccc(/C=C3\SC(=O)NC3=O)n2)CC1. The number of piperidine rings is 1. The molecule has 6 rings (SSSR count). The van der Waals surface area contributed by atoms with Gasteiger partial charge >= 0.3 is 0 Å². The van der Waals surface area contributed by atoms with Crippen LogP contribution in [0, 0.1) is 5.92 Å². The minimum Gasteiger partial charge on any atom is -0.495 e. The van der Waals surface area contributed by atoms with Crippen molar-refractivity contribution in [1.82, 2.24) is 30.6 Å². The van der Waals surface area contributed by atoms with Crippen molar-refractivity contribution < 1.29 is 14.3 Å². The normalized spacial score (nSPS) is 16.9. The molecule has 41 heavy (non-hydrogen) atoms. The Kier molecular flexibility index (Phi) is 7.88. The average Bonchev–Trinajstić information content (AvgIpc) is 3.33. The third kappa shape index (κ3) is 6.06.